The van der Waals surface area contributed by atoms with E-state index in [9.17, 15) is 14.4 Å². The van der Waals surface area contributed by atoms with Crippen LogP contribution in [0.1, 0.15) is 36.4 Å². The minimum absolute atomic E-state index is 0.193. The summed E-state index contributed by atoms with van der Waals surface area (Å²) in [7, 11) is 1.60. The van der Waals surface area contributed by atoms with Crippen molar-refractivity contribution in [2.45, 2.75) is 31.3 Å². The minimum atomic E-state index is -0.706. The highest BCUT2D eigenvalue weighted by molar-refractivity contribution is 6.05. The number of carbonyl (C=O) groups is 3. The van der Waals surface area contributed by atoms with Crippen molar-refractivity contribution in [2.75, 3.05) is 13.7 Å². The molecule has 0 aliphatic carbocycles. The van der Waals surface area contributed by atoms with Crippen LogP contribution in [-0.2, 0) is 19.1 Å². The van der Waals surface area contributed by atoms with Gasteiger partial charge in [0.25, 0.3) is 5.91 Å². The molecule has 0 unspecified atom stereocenters. The largest absolute Gasteiger partial charge is 0.497 e. The fourth-order valence-corrected chi connectivity index (χ4v) is 4.46. The van der Waals surface area contributed by atoms with E-state index in [4.69, 9.17) is 9.47 Å². The molecule has 2 heterocycles. The monoisotopic (exact) mass is 471 g/mol. The standard InChI is InChI=1S/C27H25N3O5/c1-34-21-10-8-18(9-11-21)24-15-23(20-7-6-17-4-2-3-5-19(17)14-20)29-30(24)26(32)16-35-27(33)22-12-13-25(31)28-22/h2-11,14,22,24H,12-13,15-16H2,1H3,(H,28,31)/t22-,24+/m0/s1. The zero-order valence-electron chi connectivity index (χ0n) is 19.3. The Hall–Kier alpha value is -4.20. The predicted molar refractivity (Wildman–Crippen MR) is 130 cm³/mol. The van der Waals surface area contributed by atoms with Gasteiger partial charge >= 0.3 is 5.97 Å². The number of hydrazone groups is 1. The summed E-state index contributed by atoms with van der Waals surface area (Å²) in [6, 6.07) is 20.6. The summed E-state index contributed by atoms with van der Waals surface area (Å²) < 4.78 is 10.5. The van der Waals surface area contributed by atoms with Crippen LogP contribution in [0, 0.1) is 0 Å². The number of amides is 2. The SMILES string of the molecule is COc1ccc([C@H]2CC(c3ccc4ccccc4c3)=NN2C(=O)COC(=O)[C@@H]2CCC(=O)N2)cc1. The van der Waals surface area contributed by atoms with Crippen LogP contribution in [-0.4, -0.2) is 48.3 Å². The Labute approximate surface area is 202 Å². The molecule has 5 rings (SSSR count). The molecule has 1 saturated heterocycles. The predicted octanol–water partition coefficient (Wildman–Crippen LogP) is 3.35. The molecule has 2 aliphatic heterocycles. The Morgan fingerprint density at radius 1 is 1.06 bits per heavy atom. The van der Waals surface area contributed by atoms with E-state index in [0.717, 1.165) is 27.6 Å². The molecule has 0 spiro atoms. The maximum Gasteiger partial charge on any atom is 0.329 e. The number of hydrogen-bond donors (Lipinski definition) is 1. The lowest BCUT2D eigenvalue weighted by molar-refractivity contribution is -0.154. The first-order valence-electron chi connectivity index (χ1n) is 11.5. The number of esters is 1. The molecule has 1 fully saturated rings. The van der Waals surface area contributed by atoms with Gasteiger partial charge in [-0.05, 0) is 46.5 Å². The second-order valence-corrected chi connectivity index (χ2v) is 8.61. The summed E-state index contributed by atoms with van der Waals surface area (Å²) in [6.45, 7) is -0.452. The summed E-state index contributed by atoms with van der Waals surface area (Å²) in [5, 5.41) is 10.8. The van der Waals surface area contributed by atoms with E-state index in [1.807, 2.05) is 60.7 Å². The van der Waals surface area contributed by atoms with Crippen molar-refractivity contribution >= 4 is 34.3 Å². The van der Waals surface area contributed by atoms with E-state index in [1.165, 1.54) is 5.01 Å². The van der Waals surface area contributed by atoms with Crippen molar-refractivity contribution in [1.82, 2.24) is 10.3 Å². The molecule has 1 N–H and O–H groups in total. The average molecular weight is 472 g/mol. The summed E-state index contributed by atoms with van der Waals surface area (Å²) in [6.07, 6.45) is 1.16. The van der Waals surface area contributed by atoms with Gasteiger partial charge in [0.15, 0.2) is 6.61 Å². The van der Waals surface area contributed by atoms with Crippen molar-refractivity contribution in [3.05, 3.63) is 77.9 Å². The first-order chi connectivity index (χ1) is 17.0. The van der Waals surface area contributed by atoms with Crippen LogP contribution < -0.4 is 10.1 Å². The number of fused-ring (bicyclic) bond motifs is 1. The van der Waals surface area contributed by atoms with Crippen LogP contribution in [0.15, 0.2) is 71.8 Å². The van der Waals surface area contributed by atoms with E-state index >= 15 is 0 Å². The zero-order chi connectivity index (χ0) is 24.4. The maximum absolute atomic E-state index is 13.2. The van der Waals surface area contributed by atoms with E-state index in [2.05, 4.69) is 16.5 Å². The van der Waals surface area contributed by atoms with Crippen molar-refractivity contribution in [3.8, 4) is 5.75 Å². The summed E-state index contributed by atoms with van der Waals surface area (Å²) >= 11 is 0. The molecule has 0 saturated carbocycles. The van der Waals surface area contributed by atoms with Crippen molar-refractivity contribution < 1.29 is 23.9 Å². The molecule has 35 heavy (non-hydrogen) atoms. The molecule has 2 amide bonds. The second kappa shape index (κ2) is 9.58. The molecule has 3 aromatic rings. The third kappa shape index (κ3) is 4.73. The molecule has 0 bridgehead atoms. The van der Waals surface area contributed by atoms with Gasteiger partial charge in [-0.1, -0.05) is 48.5 Å². The summed E-state index contributed by atoms with van der Waals surface area (Å²) in [5.74, 6) is -0.516. The number of methoxy groups -OCH3 is 1. The summed E-state index contributed by atoms with van der Waals surface area (Å²) in [5.41, 5.74) is 2.61. The molecule has 2 aliphatic rings. The highest BCUT2D eigenvalue weighted by Crippen LogP contribution is 2.34. The smallest absolute Gasteiger partial charge is 0.329 e. The minimum Gasteiger partial charge on any atom is -0.497 e. The first-order valence-corrected chi connectivity index (χ1v) is 11.5. The van der Waals surface area contributed by atoms with Crippen molar-refractivity contribution in [2.24, 2.45) is 5.10 Å². The lowest BCUT2D eigenvalue weighted by Crippen LogP contribution is -2.37. The molecule has 0 aromatic heterocycles. The summed E-state index contributed by atoms with van der Waals surface area (Å²) in [4.78, 5) is 36.8. The normalized spacial score (nSPS) is 19.4. The number of carbonyl (C=O) groups excluding carboxylic acids is 3. The highest BCUT2D eigenvalue weighted by Gasteiger charge is 2.35. The molecular weight excluding hydrogens is 446 g/mol. The average Bonchev–Trinajstić information content (AvgIpc) is 3.54. The van der Waals surface area contributed by atoms with Crippen LogP contribution in [0.25, 0.3) is 10.8 Å². The molecule has 8 nitrogen and oxygen atoms in total. The van der Waals surface area contributed by atoms with Crippen molar-refractivity contribution in [1.29, 1.82) is 0 Å². The third-order valence-electron chi connectivity index (χ3n) is 6.37. The number of nitrogens with one attached hydrogen (secondary N) is 1. The Balaban J connectivity index is 1.39. The molecule has 0 radical (unpaired) electrons. The van der Waals surface area contributed by atoms with Gasteiger partial charge in [0.05, 0.1) is 18.9 Å². The molecule has 178 valence electrons. The van der Waals surface area contributed by atoms with Crippen molar-refractivity contribution in [3.63, 3.8) is 0 Å². The zero-order valence-corrected chi connectivity index (χ0v) is 19.3. The number of nitrogens with zero attached hydrogens (tertiary/aromatic N) is 2. The van der Waals surface area contributed by atoms with Gasteiger partial charge in [-0.15, -0.1) is 0 Å². The number of rotatable bonds is 6. The second-order valence-electron chi connectivity index (χ2n) is 8.61. The van der Waals surface area contributed by atoms with Gasteiger partial charge in [-0.25, -0.2) is 9.80 Å². The van der Waals surface area contributed by atoms with E-state index in [0.29, 0.717) is 18.6 Å². The Bertz CT molecular complexity index is 1320. The Morgan fingerprint density at radius 2 is 1.83 bits per heavy atom. The molecular formula is C27H25N3O5. The van der Waals surface area contributed by atoms with Gasteiger partial charge < -0.3 is 14.8 Å². The third-order valence-corrected chi connectivity index (χ3v) is 6.37. The fourth-order valence-electron chi connectivity index (χ4n) is 4.46. The highest BCUT2D eigenvalue weighted by atomic mass is 16.5. The van der Waals surface area contributed by atoms with E-state index in [1.54, 1.807) is 7.11 Å². The molecule has 8 heteroatoms. The van der Waals surface area contributed by atoms with Gasteiger partial charge in [-0.2, -0.15) is 5.10 Å². The van der Waals surface area contributed by atoms with Crippen LogP contribution in [0.4, 0.5) is 0 Å². The van der Waals surface area contributed by atoms with Crippen LogP contribution in [0.5, 0.6) is 5.75 Å². The van der Waals surface area contributed by atoms with Gasteiger partial charge in [0.2, 0.25) is 5.91 Å². The molecule has 2 atom stereocenters. The lowest BCUT2D eigenvalue weighted by Gasteiger charge is -2.22. The lowest BCUT2D eigenvalue weighted by atomic mass is 9.97. The number of benzene rings is 3. The quantitative estimate of drug-likeness (QED) is 0.556. The van der Waals surface area contributed by atoms with Gasteiger partial charge in [-0.3, -0.25) is 9.59 Å². The van der Waals surface area contributed by atoms with Gasteiger partial charge in [0, 0.05) is 12.8 Å². The van der Waals surface area contributed by atoms with Crippen LogP contribution >= 0.6 is 0 Å². The van der Waals surface area contributed by atoms with E-state index < -0.39 is 24.5 Å². The molecule has 3 aromatic carbocycles. The Kier molecular flexibility index (Phi) is 6.18. The number of ether oxygens (including phenoxy) is 2. The number of hydrogen-bond acceptors (Lipinski definition) is 6. The topological polar surface area (TPSA) is 97.3 Å². The van der Waals surface area contributed by atoms with Gasteiger partial charge in [0.1, 0.15) is 11.8 Å². The first kappa shape index (κ1) is 22.6. The van der Waals surface area contributed by atoms with Crippen LogP contribution in [0.3, 0.4) is 0 Å². The maximum atomic E-state index is 13.2. The van der Waals surface area contributed by atoms with E-state index in [-0.39, 0.29) is 18.4 Å². The Morgan fingerprint density at radius 3 is 2.54 bits per heavy atom. The fraction of sp³-hybridized carbons (Fsp3) is 0.259. The van der Waals surface area contributed by atoms with Crippen LogP contribution in [0.2, 0.25) is 0 Å².